The first-order chi connectivity index (χ1) is 11.6. The molecule has 0 radical (unpaired) electrons. The van der Waals surface area contributed by atoms with E-state index in [1.165, 1.54) is 11.1 Å². The number of aromatic amines is 1. The fourth-order valence-corrected chi connectivity index (χ4v) is 3.80. The van der Waals surface area contributed by atoms with Crippen molar-refractivity contribution in [1.29, 1.82) is 0 Å². The molecule has 5 heteroatoms. The Bertz CT molecular complexity index is 918. The van der Waals surface area contributed by atoms with Gasteiger partial charge in [-0.1, -0.05) is 35.9 Å². The molecule has 1 atom stereocenters. The highest BCUT2D eigenvalue weighted by atomic mass is 35.5. The molecule has 0 bridgehead atoms. The molecular formula is C19H18ClN3O. The molecule has 1 aromatic carbocycles. The highest BCUT2D eigenvalue weighted by molar-refractivity contribution is 6.32. The van der Waals surface area contributed by atoms with Gasteiger partial charge in [0.1, 0.15) is 5.65 Å². The summed E-state index contributed by atoms with van der Waals surface area (Å²) in [6, 6.07) is 10.4. The number of nitrogens with zero attached hydrogens (tertiary/aromatic N) is 2. The van der Waals surface area contributed by atoms with Gasteiger partial charge < -0.3 is 9.88 Å². The predicted molar refractivity (Wildman–Crippen MR) is 95.1 cm³/mol. The standard InChI is InChI=1S/C19H18ClN3O/c1-12-14-5-3-2-4-13(14)7-9-23(12)18(24)10-16-15-6-8-21-19(15)22-11-17(16)20/h2-6,8,11-12H,7,9-10H2,1H3,(H,21,22)/t12-/m0/s1. The van der Waals surface area contributed by atoms with Crippen molar-refractivity contribution in [2.24, 2.45) is 0 Å². The molecule has 2 aromatic heterocycles. The lowest BCUT2D eigenvalue weighted by Crippen LogP contribution is -2.39. The smallest absolute Gasteiger partial charge is 0.227 e. The van der Waals surface area contributed by atoms with Gasteiger partial charge in [-0.25, -0.2) is 4.98 Å². The van der Waals surface area contributed by atoms with E-state index in [0.29, 0.717) is 11.4 Å². The first-order valence-corrected chi connectivity index (χ1v) is 8.50. The fraction of sp³-hybridized carbons (Fsp3) is 0.263. The first kappa shape index (κ1) is 15.2. The summed E-state index contributed by atoms with van der Waals surface area (Å²) in [7, 11) is 0. The Balaban J connectivity index is 1.63. The van der Waals surface area contributed by atoms with E-state index in [2.05, 4.69) is 35.1 Å². The molecule has 0 unspecified atom stereocenters. The Labute approximate surface area is 145 Å². The lowest BCUT2D eigenvalue weighted by atomic mass is 9.93. The molecule has 0 saturated heterocycles. The third kappa shape index (κ3) is 2.47. The number of nitrogens with one attached hydrogen (secondary N) is 1. The van der Waals surface area contributed by atoms with Crippen molar-refractivity contribution in [3.05, 3.63) is 64.4 Å². The summed E-state index contributed by atoms with van der Waals surface area (Å²) in [5.41, 5.74) is 4.19. The molecule has 0 spiro atoms. The van der Waals surface area contributed by atoms with Crippen LogP contribution in [-0.4, -0.2) is 27.3 Å². The summed E-state index contributed by atoms with van der Waals surface area (Å²) in [6.45, 7) is 2.84. The molecule has 1 aliphatic heterocycles. The molecule has 1 N–H and O–H groups in total. The number of fused-ring (bicyclic) bond motifs is 2. The Hall–Kier alpha value is -2.33. The number of H-pyrrole nitrogens is 1. The van der Waals surface area contributed by atoms with Crippen molar-refractivity contribution < 1.29 is 4.79 Å². The van der Waals surface area contributed by atoms with E-state index >= 15 is 0 Å². The predicted octanol–water partition coefficient (Wildman–Crippen LogP) is 3.90. The molecular weight excluding hydrogens is 322 g/mol. The van der Waals surface area contributed by atoms with Crippen LogP contribution >= 0.6 is 11.6 Å². The topological polar surface area (TPSA) is 49.0 Å². The number of hydrogen-bond donors (Lipinski definition) is 1. The Morgan fingerprint density at radius 3 is 3.08 bits per heavy atom. The third-order valence-corrected chi connectivity index (χ3v) is 5.21. The highest BCUT2D eigenvalue weighted by Gasteiger charge is 2.28. The van der Waals surface area contributed by atoms with Crippen LogP contribution in [0.5, 0.6) is 0 Å². The number of amides is 1. The van der Waals surface area contributed by atoms with Gasteiger partial charge in [-0.15, -0.1) is 0 Å². The van der Waals surface area contributed by atoms with Crippen LogP contribution in [0, 0.1) is 0 Å². The molecule has 122 valence electrons. The van der Waals surface area contributed by atoms with E-state index < -0.39 is 0 Å². The zero-order valence-corrected chi connectivity index (χ0v) is 14.2. The number of carbonyl (C=O) groups is 1. The van der Waals surface area contributed by atoms with Gasteiger partial charge in [0.15, 0.2) is 0 Å². The van der Waals surface area contributed by atoms with E-state index in [-0.39, 0.29) is 11.9 Å². The third-order valence-electron chi connectivity index (χ3n) is 4.89. The lowest BCUT2D eigenvalue weighted by molar-refractivity contribution is -0.133. The average Bonchev–Trinajstić information content (AvgIpc) is 3.07. The zero-order chi connectivity index (χ0) is 16.7. The van der Waals surface area contributed by atoms with Gasteiger partial charge in [-0.3, -0.25) is 4.79 Å². The van der Waals surface area contributed by atoms with Crippen molar-refractivity contribution in [2.75, 3.05) is 6.54 Å². The molecule has 3 heterocycles. The minimum Gasteiger partial charge on any atom is -0.346 e. The summed E-state index contributed by atoms with van der Waals surface area (Å²) in [4.78, 5) is 22.2. The van der Waals surface area contributed by atoms with Crippen LogP contribution in [0.1, 0.15) is 29.7 Å². The fourth-order valence-electron chi connectivity index (χ4n) is 3.58. The molecule has 0 saturated carbocycles. The SMILES string of the molecule is C[C@H]1c2ccccc2CCN1C(=O)Cc1c(Cl)cnc2[nH]ccc12. The van der Waals surface area contributed by atoms with Gasteiger partial charge in [-0.05, 0) is 36.1 Å². The lowest BCUT2D eigenvalue weighted by Gasteiger charge is -2.35. The van der Waals surface area contributed by atoms with E-state index in [1.807, 2.05) is 23.2 Å². The van der Waals surface area contributed by atoms with Crippen molar-refractivity contribution in [3.8, 4) is 0 Å². The molecule has 1 amide bonds. The number of carbonyl (C=O) groups excluding carboxylic acids is 1. The van der Waals surface area contributed by atoms with Gasteiger partial charge in [0, 0.05) is 24.3 Å². The van der Waals surface area contributed by atoms with Gasteiger partial charge in [0.25, 0.3) is 0 Å². The first-order valence-electron chi connectivity index (χ1n) is 8.13. The minimum atomic E-state index is 0.0878. The molecule has 3 aromatic rings. The minimum absolute atomic E-state index is 0.0878. The van der Waals surface area contributed by atoms with Crippen molar-refractivity contribution in [2.45, 2.75) is 25.8 Å². The molecule has 4 rings (SSSR count). The van der Waals surface area contributed by atoms with Gasteiger partial charge >= 0.3 is 0 Å². The summed E-state index contributed by atoms with van der Waals surface area (Å²) >= 11 is 6.31. The van der Waals surface area contributed by atoms with Crippen molar-refractivity contribution in [3.63, 3.8) is 0 Å². The summed E-state index contributed by atoms with van der Waals surface area (Å²) in [6.07, 6.45) is 4.62. The van der Waals surface area contributed by atoms with Crippen molar-refractivity contribution >= 4 is 28.5 Å². The van der Waals surface area contributed by atoms with Gasteiger partial charge in [-0.2, -0.15) is 0 Å². The number of pyridine rings is 1. The molecule has 4 nitrogen and oxygen atoms in total. The van der Waals surface area contributed by atoms with Gasteiger partial charge in [0.2, 0.25) is 5.91 Å². The summed E-state index contributed by atoms with van der Waals surface area (Å²) < 4.78 is 0. The molecule has 24 heavy (non-hydrogen) atoms. The number of aromatic nitrogens is 2. The van der Waals surface area contributed by atoms with E-state index in [1.54, 1.807) is 6.20 Å². The van der Waals surface area contributed by atoms with Crippen LogP contribution in [0.15, 0.2) is 42.7 Å². The second-order valence-corrected chi connectivity index (χ2v) is 6.62. The number of rotatable bonds is 2. The van der Waals surface area contributed by atoms with Gasteiger partial charge in [0.05, 0.1) is 17.5 Å². The second-order valence-electron chi connectivity index (χ2n) is 6.21. The van der Waals surface area contributed by atoms with Crippen LogP contribution in [0.2, 0.25) is 5.02 Å². The van der Waals surface area contributed by atoms with E-state index in [4.69, 9.17) is 11.6 Å². The van der Waals surface area contributed by atoms with Crippen LogP contribution in [0.4, 0.5) is 0 Å². The number of halogens is 1. The normalized spacial score (nSPS) is 17.1. The maximum atomic E-state index is 12.9. The van der Waals surface area contributed by atoms with Crippen molar-refractivity contribution in [1.82, 2.24) is 14.9 Å². The Morgan fingerprint density at radius 1 is 1.38 bits per heavy atom. The summed E-state index contributed by atoms with van der Waals surface area (Å²) in [5.74, 6) is 0.104. The monoisotopic (exact) mass is 339 g/mol. The summed E-state index contributed by atoms with van der Waals surface area (Å²) in [5, 5.41) is 1.46. The number of hydrogen-bond acceptors (Lipinski definition) is 2. The largest absolute Gasteiger partial charge is 0.346 e. The Morgan fingerprint density at radius 2 is 2.21 bits per heavy atom. The Kier molecular flexibility index (Phi) is 3.77. The maximum Gasteiger partial charge on any atom is 0.227 e. The van der Waals surface area contributed by atoms with Crippen LogP contribution < -0.4 is 0 Å². The van der Waals surface area contributed by atoms with E-state index in [0.717, 1.165) is 29.6 Å². The molecule has 0 fully saturated rings. The quantitative estimate of drug-likeness (QED) is 0.769. The molecule has 1 aliphatic rings. The maximum absolute atomic E-state index is 12.9. The van der Waals surface area contributed by atoms with E-state index in [9.17, 15) is 4.79 Å². The van der Waals surface area contributed by atoms with Crippen LogP contribution in [-0.2, 0) is 17.6 Å². The average molecular weight is 340 g/mol. The highest BCUT2D eigenvalue weighted by Crippen LogP contribution is 2.31. The van der Waals surface area contributed by atoms with Crippen LogP contribution in [0.25, 0.3) is 11.0 Å². The second kappa shape index (κ2) is 5.95. The molecule has 0 aliphatic carbocycles. The van der Waals surface area contributed by atoms with Crippen LogP contribution in [0.3, 0.4) is 0 Å². The number of benzene rings is 1. The zero-order valence-electron chi connectivity index (χ0n) is 13.4.